The number of ether oxygens (including phenoxy) is 1. The molecule has 0 spiro atoms. The second-order valence-corrected chi connectivity index (χ2v) is 10.3. The number of anilines is 4. The minimum atomic E-state index is 0.113. The summed E-state index contributed by atoms with van der Waals surface area (Å²) in [6.45, 7) is 9.65. The van der Waals surface area contributed by atoms with E-state index in [-0.39, 0.29) is 12.1 Å². The average Bonchev–Trinajstić information content (AvgIpc) is 3.33. The summed E-state index contributed by atoms with van der Waals surface area (Å²) in [5.41, 5.74) is 4.23. The van der Waals surface area contributed by atoms with Crippen LogP contribution in [0.3, 0.4) is 0 Å². The number of hydrogen-bond acceptors (Lipinski definition) is 11. The number of morpholine rings is 1. The molecule has 0 aliphatic carbocycles. The third-order valence-corrected chi connectivity index (χ3v) is 7.40. The first-order chi connectivity index (χ1) is 19.6. The van der Waals surface area contributed by atoms with Crippen LogP contribution in [0.4, 0.5) is 23.5 Å². The topological polar surface area (TPSA) is 122 Å². The summed E-state index contributed by atoms with van der Waals surface area (Å²) in [4.78, 5) is 27.3. The summed E-state index contributed by atoms with van der Waals surface area (Å²) >= 11 is 0. The second-order valence-electron chi connectivity index (χ2n) is 10.3. The predicted molar refractivity (Wildman–Crippen MR) is 153 cm³/mol. The number of rotatable bonds is 8. The average molecular weight is 542 g/mol. The molecule has 2 saturated heterocycles. The highest BCUT2D eigenvalue weighted by molar-refractivity contribution is 5.56. The Morgan fingerprint density at radius 2 is 1.85 bits per heavy atom. The molecule has 4 aromatic rings. The van der Waals surface area contributed by atoms with Crippen molar-refractivity contribution in [3.8, 4) is 0 Å². The van der Waals surface area contributed by atoms with Crippen molar-refractivity contribution < 1.29 is 4.74 Å². The van der Waals surface area contributed by atoms with E-state index in [4.69, 9.17) is 9.72 Å². The fourth-order valence-corrected chi connectivity index (χ4v) is 5.16. The van der Waals surface area contributed by atoms with Gasteiger partial charge in [0.15, 0.2) is 0 Å². The van der Waals surface area contributed by atoms with Crippen LogP contribution in [-0.4, -0.2) is 86.2 Å². The molecular formula is C28H35N11O. The third-order valence-electron chi connectivity index (χ3n) is 7.40. The van der Waals surface area contributed by atoms with Gasteiger partial charge in [-0.3, -0.25) is 4.68 Å². The summed E-state index contributed by atoms with van der Waals surface area (Å²) in [5, 5.41) is 11.2. The van der Waals surface area contributed by atoms with E-state index in [0.717, 1.165) is 68.6 Å². The van der Waals surface area contributed by atoms with Crippen LogP contribution in [0.25, 0.3) is 0 Å². The molecule has 6 rings (SSSR count). The standard InChI is InChI=1S/C28H35N11O/c1-20-17-37(9-10-38(20)27-30-13-23(14-31-27)12-22-6-4-3-5-7-22)28-33-19-32-26(36-28)35-25-16-34-39(21(25)2)18-24-15-29-8-11-40-24/h3-7,13-14,16,19-20,24,29H,8-12,15,17-18H2,1-2H3,(H,32,33,35,36). The van der Waals surface area contributed by atoms with Crippen LogP contribution in [0.5, 0.6) is 0 Å². The molecule has 3 aromatic heterocycles. The molecule has 40 heavy (non-hydrogen) atoms. The van der Waals surface area contributed by atoms with Gasteiger partial charge in [0.2, 0.25) is 17.8 Å². The first kappa shape index (κ1) is 26.1. The molecule has 2 aliphatic heterocycles. The molecule has 12 heteroatoms. The molecule has 0 bridgehead atoms. The maximum Gasteiger partial charge on any atom is 0.232 e. The van der Waals surface area contributed by atoms with Crippen LogP contribution in [0.1, 0.15) is 23.7 Å². The van der Waals surface area contributed by atoms with Crippen LogP contribution in [-0.2, 0) is 17.7 Å². The van der Waals surface area contributed by atoms with Gasteiger partial charge >= 0.3 is 0 Å². The van der Waals surface area contributed by atoms with Crippen molar-refractivity contribution in [3.05, 3.63) is 72.1 Å². The molecule has 2 N–H and O–H groups in total. The van der Waals surface area contributed by atoms with Gasteiger partial charge in [-0.1, -0.05) is 30.3 Å². The normalized spacial score (nSPS) is 19.6. The number of hydrogen-bond donors (Lipinski definition) is 2. The summed E-state index contributed by atoms with van der Waals surface area (Å²) in [5.74, 6) is 1.90. The van der Waals surface area contributed by atoms with Crippen LogP contribution >= 0.6 is 0 Å². The van der Waals surface area contributed by atoms with Crippen LogP contribution in [0.15, 0.2) is 55.2 Å². The van der Waals surface area contributed by atoms with Crippen LogP contribution < -0.4 is 20.4 Å². The number of benzene rings is 1. The molecule has 1 aromatic carbocycles. The predicted octanol–water partition coefficient (Wildman–Crippen LogP) is 2.20. The number of nitrogens with zero attached hydrogens (tertiary/aromatic N) is 9. The van der Waals surface area contributed by atoms with Gasteiger partial charge < -0.3 is 25.2 Å². The zero-order valence-electron chi connectivity index (χ0n) is 22.9. The highest BCUT2D eigenvalue weighted by Crippen LogP contribution is 2.22. The molecule has 0 saturated carbocycles. The maximum atomic E-state index is 5.83. The summed E-state index contributed by atoms with van der Waals surface area (Å²) in [6.07, 6.45) is 8.16. The Balaban J connectivity index is 1.07. The number of piperazine rings is 1. The Morgan fingerprint density at radius 3 is 2.62 bits per heavy atom. The molecule has 0 radical (unpaired) electrons. The van der Waals surface area contributed by atoms with Gasteiger partial charge in [-0.05, 0) is 25.0 Å². The monoisotopic (exact) mass is 541 g/mol. The molecule has 2 fully saturated rings. The Labute approximate surface area is 233 Å². The maximum absolute atomic E-state index is 5.83. The lowest BCUT2D eigenvalue weighted by Crippen LogP contribution is -2.53. The molecule has 2 aliphatic rings. The highest BCUT2D eigenvalue weighted by Gasteiger charge is 2.27. The number of nitrogens with one attached hydrogen (secondary N) is 2. The van der Waals surface area contributed by atoms with E-state index in [0.29, 0.717) is 18.4 Å². The fraction of sp³-hybridized carbons (Fsp3) is 0.429. The van der Waals surface area contributed by atoms with Gasteiger partial charge in [-0.25, -0.2) is 19.9 Å². The van der Waals surface area contributed by atoms with Crippen molar-refractivity contribution in [1.82, 2.24) is 40.0 Å². The van der Waals surface area contributed by atoms with E-state index in [9.17, 15) is 0 Å². The van der Waals surface area contributed by atoms with Crippen LogP contribution in [0, 0.1) is 6.92 Å². The minimum Gasteiger partial charge on any atom is -0.374 e. The van der Waals surface area contributed by atoms with Gasteiger partial charge in [-0.2, -0.15) is 10.1 Å². The second kappa shape index (κ2) is 11.9. The van der Waals surface area contributed by atoms with Crippen molar-refractivity contribution in [3.63, 3.8) is 0 Å². The fourth-order valence-electron chi connectivity index (χ4n) is 5.16. The van der Waals surface area contributed by atoms with Gasteiger partial charge in [0.05, 0.1) is 36.8 Å². The van der Waals surface area contributed by atoms with Crippen molar-refractivity contribution in [1.29, 1.82) is 0 Å². The zero-order valence-corrected chi connectivity index (χ0v) is 22.9. The zero-order chi connectivity index (χ0) is 27.3. The van der Waals surface area contributed by atoms with Crippen LogP contribution in [0.2, 0.25) is 0 Å². The smallest absolute Gasteiger partial charge is 0.232 e. The lowest BCUT2D eigenvalue weighted by atomic mass is 10.1. The third kappa shape index (κ3) is 6.02. The minimum absolute atomic E-state index is 0.113. The highest BCUT2D eigenvalue weighted by atomic mass is 16.5. The Bertz CT molecular complexity index is 1390. The first-order valence-corrected chi connectivity index (χ1v) is 13.8. The summed E-state index contributed by atoms with van der Waals surface area (Å²) in [7, 11) is 0. The number of aromatic nitrogens is 7. The van der Waals surface area contributed by atoms with Gasteiger partial charge in [-0.15, -0.1) is 0 Å². The molecule has 2 unspecified atom stereocenters. The van der Waals surface area contributed by atoms with E-state index < -0.39 is 0 Å². The van der Waals surface area contributed by atoms with Crippen molar-refractivity contribution in [2.45, 2.75) is 39.0 Å². The van der Waals surface area contributed by atoms with Crippen molar-refractivity contribution in [2.24, 2.45) is 0 Å². The SMILES string of the molecule is Cc1c(Nc2ncnc(N3CCN(c4ncc(Cc5ccccc5)cn4)C(C)C3)n2)cnn1CC1CNCCO1. The molecule has 12 nitrogen and oxygen atoms in total. The Morgan fingerprint density at radius 1 is 1.00 bits per heavy atom. The molecular weight excluding hydrogens is 506 g/mol. The Hall–Kier alpha value is -4.16. The van der Waals surface area contributed by atoms with Crippen molar-refractivity contribution in [2.75, 3.05) is 54.4 Å². The largest absolute Gasteiger partial charge is 0.374 e. The van der Waals surface area contributed by atoms with E-state index >= 15 is 0 Å². The quantitative estimate of drug-likeness (QED) is 0.341. The molecule has 5 heterocycles. The van der Waals surface area contributed by atoms with Gasteiger partial charge in [0.1, 0.15) is 6.33 Å². The lowest BCUT2D eigenvalue weighted by molar-refractivity contribution is 0.0158. The van der Waals surface area contributed by atoms with E-state index in [1.807, 2.05) is 30.1 Å². The van der Waals surface area contributed by atoms with Crippen molar-refractivity contribution >= 4 is 23.5 Å². The van der Waals surface area contributed by atoms with E-state index in [1.54, 1.807) is 12.5 Å². The van der Waals surface area contributed by atoms with Gasteiger partial charge in [0, 0.05) is 57.6 Å². The van der Waals surface area contributed by atoms with E-state index in [1.165, 1.54) is 5.56 Å². The summed E-state index contributed by atoms with van der Waals surface area (Å²) in [6, 6.07) is 10.6. The first-order valence-electron chi connectivity index (χ1n) is 13.8. The molecule has 0 amide bonds. The molecule has 208 valence electrons. The van der Waals surface area contributed by atoms with E-state index in [2.05, 4.69) is 76.7 Å². The Kier molecular flexibility index (Phi) is 7.78. The molecule has 2 atom stereocenters. The lowest BCUT2D eigenvalue weighted by Gasteiger charge is -2.39. The van der Waals surface area contributed by atoms with Gasteiger partial charge in [0.25, 0.3) is 0 Å². The summed E-state index contributed by atoms with van der Waals surface area (Å²) < 4.78 is 7.78.